The molecule has 1 unspecified atom stereocenters. The zero-order valence-corrected chi connectivity index (χ0v) is 5.76. The summed E-state index contributed by atoms with van der Waals surface area (Å²) in [5.41, 5.74) is 5.57. The molecular formula is C7H10FNO. The Bertz CT molecular complexity index is 208. The van der Waals surface area contributed by atoms with E-state index in [-0.39, 0.29) is 17.4 Å². The van der Waals surface area contributed by atoms with Gasteiger partial charge in [0.05, 0.1) is 5.76 Å². The maximum Gasteiger partial charge on any atom is 0.145 e. The van der Waals surface area contributed by atoms with Crippen molar-refractivity contribution < 1.29 is 9.50 Å². The van der Waals surface area contributed by atoms with Gasteiger partial charge in [0.15, 0.2) is 0 Å². The molecule has 0 aromatic carbocycles. The first-order valence-electron chi connectivity index (χ1n) is 3.16. The lowest BCUT2D eigenvalue weighted by atomic mass is 9.98. The van der Waals surface area contributed by atoms with Crippen LogP contribution in [0.3, 0.4) is 0 Å². The molecule has 0 heterocycles. The molecule has 1 rings (SSSR count). The largest absolute Gasteiger partial charge is 0.512 e. The van der Waals surface area contributed by atoms with E-state index in [2.05, 4.69) is 0 Å². The van der Waals surface area contributed by atoms with Gasteiger partial charge in [-0.25, -0.2) is 4.39 Å². The Morgan fingerprint density at radius 2 is 2.40 bits per heavy atom. The van der Waals surface area contributed by atoms with Crippen LogP contribution in [0.1, 0.15) is 13.3 Å². The first-order valence-corrected chi connectivity index (χ1v) is 3.16. The molecule has 2 nitrogen and oxygen atoms in total. The van der Waals surface area contributed by atoms with Gasteiger partial charge in [0.25, 0.3) is 0 Å². The van der Waals surface area contributed by atoms with Crippen LogP contribution >= 0.6 is 0 Å². The van der Waals surface area contributed by atoms with E-state index >= 15 is 0 Å². The zero-order chi connectivity index (χ0) is 7.72. The minimum absolute atomic E-state index is 0.0687. The van der Waals surface area contributed by atoms with Crippen LogP contribution in [0.4, 0.5) is 4.39 Å². The summed E-state index contributed by atoms with van der Waals surface area (Å²) in [6.45, 7) is 1.78. The number of nitrogens with two attached hydrogens (primary N) is 1. The smallest absolute Gasteiger partial charge is 0.145 e. The van der Waals surface area contributed by atoms with Crippen molar-refractivity contribution in [2.75, 3.05) is 0 Å². The summed E-state index contributed by atoms with van der Waals surface area (Å²) in [7, 11) is 0. The molecule has 0 radical (unpaired) electrons. The minimum atomic E-state index is -0.503. The van der Waals surface area contributed by atoms with E-state index < -0.39 is 5.83 Å². The van der Waals surface area contributed by atoms with Crippen molar-refractivity contribution in [2.45, 2.75) is 13.3 Å². The van der Waals surface area contributed by atoms with Crippen molar-refractivity contribution in [1.29, 1.82) is 0 Å². The van der Waals surface area contributed by atoms with Crippen LogP contribution < -0.4 is 5.73 Å². The van der Waals surface area contributed by atoms with Crippen LogP contribution in [0, 0.1) is 5.92 Å². The normalized spacial score (nSPS) is 26.6. The lowest BCUT2D eigenvalue weighted by Crippen LogP contribution is -2.14. The molecule has 1 aliphatic rings. The number of hydrogen-bond acceptors (Lipinski definition) is 2. The number of halogens is 1. The summed E-state index contributed by atoms with van der Waals surface area (Å²) in [4.78, 5) is 0. The molecule has 0 spiro atoms. The summed E-state index contributed by atoms with van der Waals surface area (Å²) < 4.78 is 12.6. The Kier molecular flexibility index (Phi) is 1.66. The molecule has 3 heteroatoms. The molecule has 56 valence electrons. The van der Waals surface area contributed by atoms with E-state index in [9.17, 15) is 4.39 Å². The standard InChI is InChI=1S/C7H10FNO/c1-4-2-5(10)3-6(8)7(4)9/h3-4,10H,2,9H2,1H3. The predicted molar refractivity (Wildman–Crippen MR) is 36.8 cm³/mol. The van der Waals surface area contributed by atoms with Crippen LogP contribution in [0.5, 0.6) is 0 Å². The summed E-state index contributed by atoms with van der Waals surface area (Å²) in [6, 6.07) is 0. The monoisotopic (exact) mass is 143 g/mol. The summed E-state index contributed by atoms with van der Waals surface area (Å²) >= 11 is 0. The molecule has 0 bridgehead atoms. The second kappa shape index (κ2) is 2.33. The molecule has 0 amide bonds. The number of allylic oxidation sites excluding steroid dienone is 4. The van der Waals surface area contributed by atoms with Crippen molar-refractivity contribution in [3.05, 3.63) is 23.4 Å². The minimum Gasteiger partial charge on any atom is -0.512 e. The highest BCUT2D eigenvalue weighted by Gasteiger charge is 2.17. The van der Waals surface area contributed by atoms with Gasteiger partial charge in [-0.05, 0) is 0 Å². The topological polar surface area (TPSA) is 46.2 Å². The van der Waals surface area contributed by atoms with Crippen LogP contribution in [-0.4, -0.2) is 5.11 Å². The van der Waals surface area contributed by atoms with Crippen molar-refractivity contribution in [3.8, 4) is 0 Å². The lowest BCUT2D eigenvalue weighted by molar-refractivity contribution is 0.355. The van der Waals surface area contributed by atoms with Gasteiger partial charge >= 0.3 is 0 Å². The van der Waals surface area contributed by atoms with Crippen LogP contribution in [0.25, 0.3) is 0 Å². The van der Waals surface area contributed by atoms with E-state index in [0.717, 1.165) is 6.08 Å². The summed E-state index contributed by atoms with van der Waals surface area (Å²) in [5, 5.41) is 8.90. The van der Waals surface area contributed by atoms with Gasteiger partial charge in [-0.2, -0.15) is 0 Å². The van der Waals surface area contributed by atoms with Crippen molar-refractivity contribution in [1.82, 2.24) is 0 Å². The molecular weight excluding hydrogens is 133 g/mol. The fourth-order valence-electron chi connectivity index (χ4n) is 0.948. The molecule has 0 aliphatic heterocycles. The predicted octanol–water partition coefficient (Wildman–Crippen LogP) is 1.61. The van der Waals surface area contributed by atoms with Crippen molar-refractivity contribution in [3.63, 3.8) is 0 Å². The van der Waals surface area contributed by atoms with Crippen molar-refractivity contribution >= 4 is 0 Å². The molecule has 1 aliphatic carbocycles. The number of rotatable bonds is 0. The van der Waals surface area contributed by atoms with Gasteiger partial charge in [-0.1, -0.05) is 6.92 Å². The average molecular weight is 143 g/mol. The van der Waals surface area contributed by atoms with Crippen molar-refractivity contribution in [2.24, 2.45) is 11.7 Å². The Morgan fingerprint density at radius 1 is 1.80 bits per heavy atom. The lowest BCUT2D eigenvalue weighted by Gasteiger charge is -2.15. The van der Waals surface area contributed by atoms with Gasteiger partial charge < -0.3 is 10.8 Å². The maximum absolute atomic E-state index is 12.6. The van der Waals surface area contributed by atoms with Crippen LogP contribution in [0.2, 0.25) is 0 Å². The molecule has 0 aromatic rings. The Morgan fingerprint density at radius 3 is 2.90 bits per heavy atom. The van der Waals surface area contributed by atoms with Gasteiger partial charge in [0.1, 0.15) is 5.83 Å². The fraction of sp³-hybridized carbons (Fsp3) is 0.429. The fourth-order valence-corrected chi connectivity index (χ4v) is 0.948. The molecule has 10 heavy (non-hydrogen) atoms. The Balaban J connectivity index is 2.92. The molecule has 0 saturated heterocycles. The Hall–Kier alpha value is -0.990. The van der Waals surface area contributed by atoms with E-state index in [1.165, 1.54) is 0 Å². The number of aliphatic hydroxyl groups is 1. The van der Waals surface area contributed by atoms with E-state index in [0.29, 0.717) is 6.42 Å². The number of aliphatic hydroxyl groups excluding tert-OH is 1. The quantitative estimate of drug-likeness (QED) is 0.541. The highest BCUT2D eigenvalue weighted by molar-refractivity contribution is 5.26. The van der Waals surface area contributed by atoms with E-state index in [1.807, 2.05) is 0 Å². The maximum atomic E-state index is 12.6. The van der Waals surface area contributed by atoms with Crippen LogP contribution in [-0.2, 0) is 0 Å². The second-order valence-corrected chi connectivity index (χ2v) is 2.54. The van der Waals surface area contributed by atoms with Gasteiger partial charge in [-0.3, -0.25) is 0 Å². The average Bonchev–Trinajstić information content (AvgIpc) is 1.82. The third kappa shape index (κ3) is 1.12. The Labute approximate surface area is 58.8 Å². The first kappa shape index (κ1) is 7.12. The summed E-state index contributed by atoms with van der Waals surface area (Å²) in [6.07, 6.45) is 1.51. The van der Waals surface area contributed by atoms with Crippen LogP contribution in [0.15, 0.2) is 23.4 Å². The van der Waals surface area contributed by atoms with E-state index in [4.69, 9.17) is 10.8 Å². The zero-order valence-electron chi connectivity index (χ0n) is 5.76. The molecule has 0 fully saturated rings. The number of hydrogen-bond donors (Lipinski definition) is 2. The molecule has 3 N–H and O–H groups in total. The molecule has 0 aromatic heterocycles. The summed E-state index contributed by atoms with van der Waals surface area (Å²) in [5.74, 6) is -0.513. The van der Waals surface area contributed by atoms with Gasteiger partial charge in [0.2, 0.25) is 0 Å². The van der Waals surface area contributed by atoms with Gasteiger partial charge in [0, 0.05) is 24.1 Å². The SMILES string of the molecule is CC1CC(O)=CC(F)=C1N. The molecule has 0 saturated carbocycles. The second-order valence-electron chi connectivity index (χ2n) is 2.54. The third-order valence-corrected chi connectivity index (χ3v) is 1.62. The first-order chi connectivity index (χ1) is 4.61. The van der Waals surface area contributed by atoms with Gasteiger partial charge in [-0.15, -0.1) is 0 Å². The highest BCUT2D eigenvalue weighted by Crippen LogP contribution is 2.24. The highest BCUT2D eigenvalue weighted by atomic mass is 19.1. The third-order valence-electron chi connectivity index (χ3n) is 1.62. The molecule has 1 atom stereocenters. The van der Waals surface area contributed by atoms with E-state index in [1.54, 1.807) is 6.92 Å².